The van der Waals surface area contributed by atoms with Gasteiger partial charge in [0, 0.05) is 31.5 Å². The second kappa shape index (κ2) is 6.80. The standard InChI is InChI=1S/C16H25FN4OSi/c1-11-15(13-6-7-14(18)19-16(13)17)12(2)21(20-11)10-22-8-9-23(3,4)5/h6-7H,8-10H2,1-5H3,(H2,18,19). The molecule has 0 aromatic carbocycles. The normalized spacial score (nSPS) is 11.9. The first-order valence-electron chi connectivity index (χ1n) is 7.73. The monoisotopic (exact) mass is 336 g/mol. The fourth-order valence-corrected chi connectivity index (χ4v) is 3.13. The molecule has 0 amide bonds. The zero-order chi connectivity index (χ0) is 17.2. The Hall–Kier alpha value is -1.73. The summed E-state index contributed by atoms with van der Waals surface area (Å²) >= 11 is 0. The van der Waals surface area contributed by atoms with Gasteiger partial charge in [0.1, 0.15) is 12.5 Å². The van der Waals surface area contributed by atoms with Gasteiger partial charge in [-0.25, -0.2) is 9.67 Å². The molecular formula is C16H25FN4OSi. The maximum Gasteiger partial charge on any atom is 0.222 e. The van der Waals surface area contributed by atoms with Crippen LogP contribution in [-0.4, -0.2) is 29.4 Å². The number of ether oxygens (including phenoxy) is 1. The summed E-state index contributed by atoms with van der Waals surface area (Å²) in [5, 5.41) is 4.46. The first-order valence-corrected chi connectivity index (χ1v) is 11.4. The maximum absolute atomic E-state index is 14.1. The third-order valence-electron chi connectivity index (χ3n) is 3.73. The molecule has 0 bridgehead atoms. The van der Waals surface area contributed by atoms with Crippen LogP contribution in [0.1, 0.15) is 11.4 Å². The van der Waals surface area contributed by atoms with Gasteiger partial charge in [0.15, 0.2) is 0 Å². The number of nitrogens with two attached hydrogens (primary N) is 1. The number of nitrogen functional groups attached to an aromatic ring is 1. The highest BCUT2D eigenvalue weighted by Crippen LogP contribution is 2.29. The van der Waals surface area contributed by atoms with Crippen LogP contribution in [0.3, 0.4) is 0 Å². The highest BCUT2D eigenvalue weighted by molar-refractivity contribution is 6.76. The van der Waals surface area contributed by atoms with Gasteiger partial charge in [-0.05, 0) is 32.0 Å². The quantitative estimate of drug-likeness (QED) is 0.497. The third-order valence-corrected chi connectivity index (χ3v) is 5.44. The number of hydrogen-bond donors (Lipinski definition) is 1. The Morgan fingerprint density at radius 2 is 1.96 bits per heavy atom. The van der Waals surface area contributed by atoms with Crippen molar-refractivity contribution in [2.24, 2.45) is 0 Å². The van der Waals surface area contributed by atoms with E-state index in [1.165, 1.54) is 0 Å². The zero-order valence-corrected chi connectivity index (χ0v) is 15.5. The molecule has 0 aliphatic heterocycles. The van der Waals surface area contributed by atoms with E-state index in [9.17, 15) is 4.39 Å². The van der Waals surface area contributed by atoms with E-state index in [1.807, 2.05) is 13.8 Å². The molecule has 0 unspecified atom stereocenters. The smallest absolute Gasteiger partial charge is 0.222 e. The molecule has 5 nitrogen and oxygen atoms in total. The SMILES string of the molecule is Cc1nn(COCC[Si](C)(C)C)c(C)c1-c1ccc(N)nc1F. The lowest BCUT2D eigenvalue weighted by Gasteiger charge is -2.15. The van der Waals surface area contributed by atoms with Crippen molar-refractivity contribution in [1.82, 2.24) is 14.8 Å². The summed E-state index contributed by atoms with van der Waals surface area (Å²) in [4.78, 5) is 3.69. The molecule has 0 spiro atoms. The molecule has 2 aromatic rings. The van der Waals surface area contributed by atoms with Gasteiger partial charge in [-0.1, -0.05) is 19.6 Å². The summed E-state index contributed by atoms with van der Waals surface area (Å²) in [6.07, 6.45) is 0. The Morgan fingerprint density at radius 3 is 2.57 bits per heavy atom. The zero-order valence-electron chi connectivity index (χ0n) is 14.5. The molecule has 23 heavy (non-hydrogen) atoms. The minimum atomic E-state index is -1.10. The molecule has 2 rings (SSSR count). The van der Waals surface area contributed by atoms with E-state index >= 15 is 0 Å². The van der Waals surface area contributed by atoms with Gasteiger partial charge in [-0.2, -0.15) is 9.49 Å². The highest BCUT2D eigenvalue weighted by Gasteiger charge is 2.18. The van der Waals surface area contributed by atoms with Crippen LogP contribution in [0.15, 0.2) is 12.1 Å². The molecule has 0 radical (unpaired) electrons. The van der Waals surface area contributed by atoms with Gasteiger partial charge in [-0.15, -0.1) is 0 Å². The van der Waals surface area contributed by atoms with E-state index < -0.39 is 14.0 Å². The van der Waals surface area contributed by atoms with Crippen LogP contribution >= 0.6 is 0 Å². The van der Waals surface area contributed by atoms with Crippen molar-refractivity contribution in [2.45, 2.75) is 46.3 Å². The molecule has 126 valence electrons. The van der Waals surface area contributed by atoms with Crippen LogP contribution in [0.25, 0.3) is 11.1 Å². The summed E-state index contributed by atoms with van der Waals surface area (Å²) in [5.41, 5.74) is 8.30. The number of aryl methyl sites for hydroxylation is 1. The van der Waals surface area contributed by atoms with E-state index in [-0.39, 0.29) is 5.82 Å². The van der Waals surface area contributed by atoms with Gasteiger partial charge in [0.25, 0.3) is 0 Å². The fraction of sp³-hybridized carbons (Fsp3) is 0.500. The predicted octanol–water partition coefficient (Wildman–Crippen LogP) is 3.60. The van der Waals surface area contributed by atoms with Crippen molar-refractivity contribution in [3.05, 3.63) is 29.5 Å². The van der Waals surface area contributed by atoms with Gasteiger partial charge < -0.3 is 10.5 Å². The van der Waals surface area contributed by atoms with Crippen molar-refractivity contribution >= 4 is 13.9 Å². The number of anilines is 1. The number of aromatic nitrogens is 3. The molecule has 0 aliphatic rings. The van der Waals surface area contributed by atoms with Gasteiger partial charge in [0.2, 0.25) is 5.95 Å². The van der Waals surface area contributed by atoms with Crippen molar-refractivity contribution in [3.63, 3.8) is 0 Å². The van der Waals surface area contributed by atoms with Crippen molar-refractivity contribution in [3.8, 4) is 11.1 Å². The van der Waals surface area contributed by atoms with E-state index in [1.54, 1.807) is 16.8 Å². The van der Waals surface area contributed by atoms with Gasteiger partial charge >= 0.3 is 0 Å². The van der Waals surface area contributed by atoms with E-state index in [4.69, 9.17) is 10.5 Å². The van der Waals surface area contributed by atoms with Crippen LogP contribution < -0.4 is 5.73 Å². The summed E-state index contributed by atoms with van der Waals surface area (Å²) in [6.45, 7) is 11.8. The molecule has 7 heteroatoms. The number of pyridine rings is 1. The second-order valence-corrected chi connectivity index (χ2v) is 12.6. The lowest BCUT2D eigenvalue weighted by molar-refractivity contribution is 0.0770. The molecule has 2 N–H and O–H groups in total. The summed E-state index contributed by atoms with van der Waals surface area (Å²) in [6, 6.07) is 4.35. The molecule has 2 heterocycles. The first kappa shape index (κ1) is 17.6. The Kier molecular flexibility index (Phi) is 5.21. The predicted molar refractivity (Wildman–Crippen MR) is 93.4 cm³/mol. The number of halogens is 1. The molecular weight excluding hydrogens is 311 g/mol. The summed E-state index contributed by atoms with van der Waals surface area (Å²) < 4.78 is 21.6. The van der Waals surface area contributed by atoms with E-state index in [2.05, 4.69) is 29.7 Å². The van der Waals surface area contributed by atoms with Crippen LogP contribution in [-0.2, 0) is 11.5 Å². The number of nitrogens with zero attached hydrogens (tertiary/aromatic N) is 3. The minimum Gasteiger partial charge on any atom is -0.384 e. The average molecular weight is 336 g/mol. The molecule has 0 aliphatic carbocycles. The van der Waals surface area contributed by atoms with Gasteiger partial charge in [-0.3, -0.25) is 0 Å². The Morgan fingerprint density at radius 1 is 1.26 bits per heavy atom. The molecule has 2 aromatic heterocycles. The molecule has 0 saturated carbocycles. The van der Waals surface area contributed by atoms with Gasteiger partial charge in [0.05, 0.1) is 5.69 Å². The van der Waals surface area contributed by atoms with E-state index in [0.29, 0.717) is 12.3 Å². The summed E-state index contributed by atoms with van der Waals surface area (Å²) in [7, 11) is -1.10. The molecule has 0 atom stereocenters. The fourth-order valence-electron chi connectivity index (χ4n) is 2.38. The number of hydrogen-bond acceptors (Lipinski definition) is 4. The van der Waals surface area contributed by atoms with Crippen molar-refractivity contribution in [1.29, 1.82) is 0 Å². The lowest BCUT2D eigenvalue weighted by Crippen LogP contribution is -2.22. The van der Waals surface area contributed by atoms with E-state index in [0.717, 1.165) is 29.6 Å². The van der Waals surface area contributed by atoms with Crippen LogP contribution in [0.5, 0.6) is 0 Å². The molecule has 0 fully saturated rings. The maximum atomic E-state index is 14.1. The van der Waals surface area contributed by atoms with Crippen LogP contribution in [0.2, 0.25) is 25.7 Å². The topological polar surface area (TPSA) is 66.0 Å². The Bertz CT molecular complexity index is 694. The lowest BCUT2D eigenvalue weighted by atomic mass is 10.1. The second-order valence-electron chi connectivity index (χ2n) is 6.97. The largest absolute Gasteiger partial charge is 0.384 e. The third kappa shape index (κ3) is 4.39. The Balaban J connectivity index is 2.16. The minimum absolute atomic E-state index is 0.170. The summed E-state index contributed by atoms with van der Waals surface area (Å²) in [5.74, 6) is -0.404. The average Bonchev–Trinajstić information content (AvgIpc) is 2.70. The van der Waals surface area contributed by atoms with Crippen LogP contribution in [0, 0.1) is 19.8 Å². The first-order chi connectivity index (χ1) is 10.7. The highest BCUT2D eigenvalue weighted by atomic mass is 28.3. The van der Waals surface area contributed by atoms with Crippen molar-refractivity contribution < 1.29 is 9.13 Å². The van der Waals surface area contributed by atoms with Crippen LogP contribution in [0.4, 0.5) is 10.2 Å². The molecule has 0 saturated heterocycles. The number of rotatable bonds is 6. The van der Waals surface area contributed by atoms with Crippen molar-refractivity contribution in [2.75, 3.05) is 12.3 Å². The Labute approximate surface area is 137 Å².